The second-order valence-electron chi connectivity index (χ2n) is 6.31. The van der Waals surface area contributed by atoms with Crippen molar-refractivity contribution in [3.05, 3.63) is 17.8 Å². The Morgan fingerprint density at radius 2 is 2.13 bits per heavy atom. The molecule has 1 heterocycles. The first-order valence-corrected chi connectivity index (χ1v) is 8.28. The average Bonchev–Trinajstić information content (AvgIpc) is 3.05. The molecule has 1 aliphatic rings. The van der Waals surface area contributed by atoms with Crippen molar-refractivity contribution in [3.8, 4) is 0 Å². The number of hydrogen-bond donors (Lipinski definition) is 3. The zero-order chi connectivity index (χ0) is 16.7. The molecule has 1 aliphatic carbocycles. The fourth-order valence-electron chi connectivity index (χ4n) is 3.30. The standard InChI is InChI=1S/C16H25N3O4/c17-15(21)13-10-23-16(18-13)12(9-14(20)19-22)8-4-7-11-5-2-1-3-6-11/h10-12,22H,1-9H2,(H2,17,21)(H,19,20)/t12-/m1/s1. The normalized spacial score (nSPS) is 16.9. The summed E-state index contributed by atoms with van der Waals surface area (Å²) in [5, 5.41) is 8.73. The van der Waals surface area contributed by atoms with Gasteiger partial charge >= 0.3 is 0 Å². The van der Waals surface area contributed by atoms with Crippen molar-refractivity contribution in [2.45, 2.75) is 63.7 Å². The molecule has 0 aromatic carbocycles. The minimum Gasteiger partial charge on any atom is -0.448 e. The Hall–Kier alpha value is -1.89. The van der Waals surface area contributed by atoms with Crippen LogP contribution in [0.4, 0.5) is 0 Å². The predicted molar refractivity (Wildman–Crippen MR) is 82.7 cm³/mol. The first kappa shape index (κ1) is 17.5. The number of hydrogen-bond acceptors (Lipinski definition) is 5. The maximum absolute atomic E-state index is 11.5. The molecule has 1 aromatic heterocycles. The van der Waals surface area contributed by atoms with Gasteiger partial charge in [-0.1, -0.05) is 44.9 Å². The van der Waals surface area contributed by atoms with Crippen LogP contribution in [0.25, 0.3) is 0 Å². The van der Waals surface area contributed by atoms with E-state index in [0.29, 0.717) is 5.89 Å². The molecule has 2 rings (SSSR count). The van der Waals surface area contributed by atoms with Gasteiger partial charge in [0.2, 0.25) is 5.91 Å². The van der Waals surface area contributed by atoms with Crippen molar-refractivity contribution in [1.82, 2.24) is 10.5 Å². The molecule has 7 nitrogen and oxygen atoms in total. The van der Waals surface area contributed by atoms with Gasteiger partial charge in [-0.25, -0.2) is 10.5 Å². The summed E-state index contributed by atoms with van der Waals surface area (Å²) in [5.41, 5.74) is 6.86. The number of nitrogens with one attached hydrogen (secondary N) is 1. The third kappa shape index (κ3) is 5.35. The van der Waals surface area contributed by atoms with E-state index in [4.69, 9.17) is 15.4 Å². The van der Waals surface area contributed by atoms with Crippen LogP contribution in [0.1, 0.15) is 80.1 Å². The van der Waals surface area contributed by atoms with E-state index in [-0.39, 0.29) is 18.0 Å². The van der Waals surface area contributed by atoms with Gasteiger partial charge in [-0.15, -0.1) is 0 Å². The molecule has 4 N–H and O–H groups in total. The maximum atomic E-state index is 11.5. The first-order valence-electron chi connectivity index (χ1n) is 8.28. The molecule has 0 radical (unpaired) electrons. The van der Waals surface area contributed by atoms with Crippen LogP contribution in [0, 0.1) is 5.92 Å². The summed E-state index contributed by atoms with van der Waals surface area (Å²) in [5.74, 6) is -0.328. The Balaban J connectivity index is 1.92. The molecule has 1 aromatic rings. The van der Waals surface area contributed by atoms with Crippen LogP contribution in [0.2, 0.25) is 0 Å². The fraction of sp³-hybridized carbons (Fsp3) is 0.688. The lowest BCUT2D eigenvalue weighted by Crippen LogP contribution is -2.21. The van der Waals surface area contributed by atoms with E-state index < -0.39 is 11.8 Å². The summed E-state index contributed by atoms with van der Waals surface area (Å²) in [4.78, 5) is 26.7. The van der Waals surface area contributed by atoms with E-state index in [1.54, 1.807) is 5.48 Å². The molecular weight excluding hydrogens is 298 g/mol. The number of oxazole rings is 1. The molecule has 2 amide bonds. The Kier molecular flexibility index (Phi) is 6.58. The quantitative estimate of drug-likeness (QED) is 0.501. The number of carbonyl (C=O) groups excluding carboxylic acids is 2. The highest BCUT2D eigenvalue weighted by Crippen LogP contribution is 2.31. The van der Waals surface area contributed by atoms with E-state index in [0.717, 1.165) is 25.2 Å². The fourth-order valence-corrected chi connectivity index (χ4v) is 3.30. The summed E-state index contributed by atoms with van der Waals surface area (Å²) in [6, 6.07) is 0. The van der Waals surface area contributed by atoms with Crippen LogP contribution in [0.15, 0.2) is 10.7 Å². The van der Waals surface area contributed by atoms with E-state index in [2.05, 4.69) is 4.98 Å². The number of carbonyl (C=O) groups is 2. The highest BCUT2D eigenvalue weighted by molar-refractivity contribution is 5.90. The van der Waals surface area contributed by atoms with E-state index in [9.17, 15) is 9.59 Å². The van der Waals surface area contributed by atoms with Gasteiger partial charge in [0.25, 0.3) is 5.91 Å². The molecule has 0 spiro atoms. The lowest BCUT2D eigenvalue weighted by molar-refractivity contribution is -0.129. The summed E-state index contributed by atoms with van der Waals surface area (Å²) in [6.45, 7) is 0. The molecule has 1 saturated carbocycles. The maximum Gasteiger partial charge on any atom is 0.270 e. The van der Waals surface area contributed by atoms with Crippen LogP contribution in [-0.4, -0.2) is 22.0 Å². The first-order chi connectivity index (χ1) is 11.1. The second-order valence-corrected chi connectivity index (χ2v) is 6.31. The topological polar surface area (TPSA) is 118 Å². The van der Waals surface area contributed by atoms with Crippen molar-refractivity contribution < 1.29 is 19.2 Å². The van der Waals surface area contributed by atoms with Crippen molar-refractivity contribution in [3.63, 3.8) is 0 Å². The van der Waals surface area contributed by atoms with Crippen LogP contribution in [0.5, 0.6) is 0 Å². The lowest BCUT2D eigenvalue weighted by Gasteiger charge is -2.22. The minimum atomic E-state index is -0.660. The van der Waals surface area contributed by atoms with Gasteiger partial charge in [0.05, 0.1) is 0 Å². The van der Waals surface area contributed by atoms with E-state index in [1.165, 1.54) is 38.4 Å². The number of rotatable bonds is 8. The molecule has 1 fully saturated rings. The minimum absolute atomic E-state index is 0.0571. The summed E-state index contributed by atoms with van der Waals surface area (Å²) in [6.07, 6.45) is 10.6. The number of aromatic nitrogens is 1. The Morgan fingerprint density at radius 1 is 1.39 bits per heavy atom. The van der Waals surface area contributed by atoms with Gasteiger partial charge in [0.1, 0.15) is 6.26 Å². The van der Waals surface area contributed by atoms with Crippen molar-refractivity contribution in [2.75, 3.05) is 0 Å². The summed E-state index contributed by atoms with van der Waals surface area (Å²) >= 11 is 0. The van der Waals surface area contributed by atoms with Crippen LogP contribution >= 0.6 is 0 Å². The Bertz CT molecular complexity index is 523. The van der Waals surface area contributed by atoms with Gasteiger partial charge in [-0.3, -0.25) is 14.8 Å². The van der Waals surface area contributed by atoms with Crippen LogP contribution in [0.3, 0.4) is 0 Å². The van der Waals surface area contributed by atoms with Crippen molar-refractivity contribution in [2.24, 2.45) is 11.7 Å². The highest BCUT2D eigenvalue weighted by Gasteiger charge is 2.23. The van der Waals surface area contributed by atoms with E-state index >= 15 is 0 Å². The smallest absolute Gasteiger partial charge is 0.270 e. The number of nitrogens with two attached hydrogens (primary N) is 1. The molecule has 0 aliphatic heterocycles. The Labute approximate surface area is 135 Å². The highest BCUT2D eigenvalue weighted by atomic mass is 16.5. The molecule has 7 heteroatoms. The zero-order valence-corrected chi connectivity index (χ0v) is 13.3. The van der Waals surface area contributed by atoms with Crippen LogP contribution in [-0.2, 0) is 4.79 Å². The summed E-state index contributed by atoms with van der Waals surface area (Å²) < 4.78 is 5.30. The van der Waals surface area contributed by atoms with Crippen molar-refractivity contribution in [1.29, 1.82) is 0 Å². The number of amides is 2. The SMILES string of the molecule is NC(=O)c1coc([C@H](CCCC2CCCCC2)CC(=O)NO)n1. The molecule has 0 unspecified atom stereocenters. The van der Waals surface area contributed by atoms with Crippen molar-refractivity contribution >= 4 is 11.8 Å². The third-order valence-corrected chi connectivity index (χ3v) is 4.57. The van der Waals surface area contributed by atoms with Gasteiger partial charge in [-0.05, 0) is 12.3 Å². The average molecular weight is 323 g/mol. The molecule has 1 atom stereocenters. The molecule has 0 saturated heterocycles. The molecule has 0 bridgehead atoms. The predicted octanol–water partition coefficient (Wildman–Crippen LogP) is 2.50. The molecular formula is C16H25N3O4. The van der Waals surface area contributed by atoms with Gasteiger partial charge in [0.15, 0.2) is 11.6 Å². The van der Waals surface area contributed by atoms with Gasteiger partial charge < -0.3 is 10.2 Å². The monoisotopic (exact) mass is 323 g/mol. The van der Waals surface area contributed by atoms with E-state index in [1.807, 2.05) is 0 Å². The third-order valence-electron chi connectivity index (χ3n) is 4.57. The number of hydroxylamine groups is 1. The molecule has 128 valence electrons. The summed E-state index contributed by atoms with van der Waals surface area (Å²) in [7, 11) is 0. The molecule has 23 heavy (non-hydrogen) atoms. The largest absolute Gasteiger partial charge is 0.448 e. The zero-order valence-electron chi connectivity index (χ0n) is 13.3. The van der Waals surface area contributed by atoms with Gasteiger partial charge in [-0.2, -0.15) is 0 Å². The second kappa shape index (κ2) is 8.67. The Morgan fingerprint density at radius 3 is 2.74 bits per heavy atom. The van der Waals surface area contributed by atoms with Gasteiger partial charge in [0, 0.05) is 12.3 Å². The number of nitrogens with zero attached hydrogens (tertiary/aromatic N) is 1. The lowest BCUT2D eigenvalue weighted by atomic mass is 9.84. The number of primary amides is 1. The van der Waals surface area contributed by atoms with Crippen LogP contribution < -0.4 is 11.2 Å².